The zero-order chi connectivity index (χ0) is 15.9. The summed E-state index contributed by atoms with van der Waals surface area (Å²) in [6, 6.07) is 7.67. The van der Waals surface area contributed by atoms with E-state index in [2.05, 4.69) is 24.4 Å². The molecule has 0 aliphatic rings. The largest absolute Gasteiger partial charge is 0.467 e. The minimum absolute atomic E-state index is 0.0401. The van der Waals surface area contributed by atoms with E-state index in [9.17, 15) is 4.79 Å². The van der Waals surface area contributed by atoms with Crippen LogP contribution in [0.2, 0.25) is 0 Å². The second kappa shape index (κ2) is 8.00. The number of nitrogens with zero attached hydrogens (tertiary/aromatic N) is 1. The number of furan rings is 1. The molecule has 0 fully saturated rings. The molecular weight excluding hydrogens is 300 g/mol. The molecule has 1 N–H and O–H groups in total. The van der Waals surface area contributed by atoms with Crippen LogP contribution in [-0.2, 0) is 17.8 Å². The SMILES string of the molecule is COCC(C)NC(=O)N(Cc1ccco1)Cc1ccc(C)s1. The molecule has 0 saturated heterocycles. The number of rotatable bonds is 7. The fourth-order valence-electron chi connectivity index (χ4n) is 2.14. The number of thiophene rings is 1. The fourth-order valence-corrected chi connectivity index (χ4v) is 3.05. The summed E-state index contributed by atoms with van der Waals surface area (Å²) >= 11 is 1.70. The molecule has 6 heteroatoms. The van der Waals surface area contributed by atoms with E-state index in [1.165, 1.54) is 4.88 Å². The smallest absolute Gasteiger partial charge is 0.318 e. The Kier molecular flexibility index (Phi) is 6.03. The maximum Gasteiger partial charge on any atom is 0.318 e. The lowest BCUT2D eigenvalue weighted by Gasteiger charge is -2.24. The van der Waals surface area contributed by atoms with Crippen LogP contribution in [0.5, 0.6) is 0 Å². The number of ether oxygens (including phenoxy) is 1. The summed E-state index contributed by atoms with van der Waals surface area (Å²) in [5, 5.41) is 2.95. The van der Waals surface area contributed by atoms with Crippen molar-refractivity contribution in [2.45, 2.75) is 33.0 Å². The van der Waals surface area contributed by atoms with Gasteiger partial charge >= 0.3 is 6.03 Å². The molecule has 0 aliphatic heterocycles. The molecule has 2 rings (SSSR count). The Bertz CT molecular complexity index is 580. The van der Waals surface area contributed by atoms with Gasteiger partial charge in [-0.2, -0.15) is 0 Å². The number of amides is 2. The van der Waals surface area contributed by atoms with E-state index in [1.807, 2.05) is 19.1 Å². The van der Waals surface area contributed by atoms with Crippen molar-refractivity contribution < 1.29 is 13.9 Å². The molecule has 1 atom stereocenters. The van der Waals surface area contributed by atoms with Crippen LogP contribution in [0.4, 0.5) is 4.79 Å². The molecule has 2 amide bonds. The average molecular weight is 322 g/mol. The molecule has 0 spiro atoms. The van der Waals surface area contributed by atoms with Gasteiger partial charge in [0.2, 0.25) is 0 Å². The summed E-state index contributed by atoms with van der Waals surface area (Å²) in [6.07, 6.45) is 1.62. The number of aryl methyl sites for hydroxylation is 1. The standard InChI is InChI=1S/C16H22N2O3S/c1-12(11-20-3)17-16(19)18(9-14-5-4-8-21-14)10-15-7-6-13(2)22-15/h4-8,12H,9-11H2,1-3H3,(H,17,19). The first kappa shape index (κ1) is 16.6. The van der Waals surface area contributed by atoms with Crippen LogP contribution >= 0.6 is 11.3 Å². The molecule has 0 radical (unpaired) electrons. The van der Waals surface area contributed by atoms with Crippen LogP contribution in [0.25, 0.3) is 0 Å². The minimum Gasteiger partial charge on any atom is -0.467 e. The fraction of sp³-hybridized carbons (Fsp3) is 0.438. The zero-order valence-corrected chi connectivity index (χ0v) is 14.0. The number of hydrogen-bond acceptors (Lipinski definition) is 4. The van der Waals surface area contributed by atoms with E-state index in [0.717, 1.165) is 10.6 Å². The monoisotopic (exact) mass is 322 g/mol. The Morgan fingerprint density at radius 3 is 2.82 bits per heavy atom. The number of methoxy groups -OCH3 is 1. The Labute approximate surface area is 134 Å². The summed E-state index contributed by atoms with van der Waals surface area (Å²) in [6.45, 7) is 5.46. The number of carbonyl (C=O) groups is 1. The maximum atomic E-state index is 12.5. The molecule has 2 aromatic heterocycles. The van der Waals surface area contributed by atoms with Crippen LogP contribution in [0.15, 0.2) is 34.9 Å². The quantitative estimate of drug-likeness (QED) is 0.850. The van der Waals surface area contributed by atoms with Gasteiger partial charge in [0.1, 0.15) is 5.76 Å². The predicted molar refractivity (Wildman–Crippen MR) is 86.9 cm³/mol. The van der Waals surface area contributed by atoms with Crippen molar-refractivity contribution in [2.75, 3.05) is 13.7 Å². The summed E-state index contributed by atoms with van der Waals surface area (Å²) in [5.74, 6) is 0.767. The van der Waals surface area contributed by atoms with Crippen LogP contribution in [0.1, 0.15) is 22.4 Å². The Morgan fingerprint density at radius 2 is 2.23 bits per heavy atom. The molecule has 0 aromatic carbocycles. The zero-order valence-electron chi connectivity index (χ0n) is 13.2. The van der Waals surface area contributed by atoms with Crippen molar-refractivity contribution in [3.05, 3.63) is 46.0 Å². The van der Waals surface area contributed by atoms with E-state index < -0.39 is 0 Å². The third-order valence-corrected chi connectivity index (χ3v) is 4.13. The maximum absolute atomic E-state index is 12.5. The van der Waals surface area contributed by atoms with Crippen molar-refractivity contribution >= 4 is 17.4 Å². The Balaban J connectivity index is 2.04. The summed E-state index contributed by atoms with van der Waals surface area (Å²) < 4.78 is 10.4. The average Bonchev–Trinajstić information content (AvgIpc) is 3.10. The molecule has 0 bridgehead atoms. The first-order valence-electron chi connectivity index (χ1n) is 7.20. The third-order valence-electron chi connectivity index (χ3n) is 3.14. The number of carbonyl (C=O) groups excluding carboxylic acids is 1. The van der Waals surface area contributed by atoms with Crippen molar-refractivity contribution in [1.82, 2.24) is 10.2 Å². The normalized spacial score (nSPS) is 12.1. The first-order chi connectivity index (χ1) is 10.6. The van der Waals surface area contributed by atoms with Crippen LogP contribution in [-0.4, -0.2) is 30.7 Å². The molecule has 2 heterocycles. The van der Waals surface area contributed by atoms with Gasteiger partial charge in [0, 0.05) is 16.9 Å². The highest BCUT2D eigenvalue weighted by atomic mass is 32.1. The molecule has 120 valence electrons. The van der Waals surface area contributed by atoms with E-state index in [4.69, 9.17) is 9.15 Å². The van der Waals surface area contributed by atoms with Crippen LogP contribution in [0, 0.1) is 6.92 Å². The van der Waals surface area contributed by atoms with E-state index in [0.29, 0.717) is 19.7 Å². The van der Waals surface area contributed by atoms with E-state index >= 15 is 0 Å². The molecular formula is C16H22N2O3S. The second-order valence-electron chi connectivity index (χ2n) is 5.25. The highest BCUT2D eigenvalue weighted by molar-refractivity contribution is 7.11. The van der Waals surface area contributed by atoms with Crippen molar-refractivity contribution in [1.29, 1.82) is 0 Å². The second-order valence-corrected chi connectivity index (χ2v) is 6.63. The molecule has 0 saturated carbocycles. The molecule has 22 heavy (non-hydrogen) atoms. The predicted octanol–water partition coefficient (Wildman–Crippen LogP) is 3.40. The lowest BCUT2D eigenvalue weighted by Crippen LogP contribution is -2.44. The van der Waals surface area contributed by atoms with Gasteiger partial charge in [-0.25, -0.2) is 4.79 Å². The summed E-state index contributed by atoms with van der Waals surface area (Å²) in [5.41, 5.74) is 0. The molecule has 1 unspecified atom stereocenters. The Morgan fingerprint density at radius 1 is 1.41 bits per heavy atom. The molecule has 2 aromatic rings. The summed E-state index contributed by atoms with van der Waals surface area (Å²) in [4.78, 5) is 16.6. The van der Waals surface area contributed by atoms with Crippen LogP contribution < -0.4 is 5.32 Å². The van der Waals surface area contributed by atoms with Crippen LogP contribution in [0.3, 0.4) is 0 Å². The van der Waals surface area contributed by atoms with Gasteiger partial charge in [0.25, 0.3) is 0 Å². The lowest BCUT2D eigenvalue weighted by molar-refractivity contribution is 0.155. The topological polar surface area (TPSA) is 54.7 Å². The molecule has 0 aliphatic carbocycles. The van der Waals surface area contributed by atoms with Gasteiger partial charge < -0.3 is 19.4 Å². The third kappa shape index (κ3) is 4.89. The number of nitrogens with one attached hydrogen (secondary N) is 1. The van der Waals surface area contributed by atoms with Gasteiger partial charge in [-0.15, -0.1) is 11.3 Å². The first-order valence-corrected chi connectivity index (χ1v) is 8.02. The van der Waals surface area contributed by atoms with Gasteiger partial charge in [-0.05, 0) is 38.1 Å². The van der Waals surface area contributed by atoms with E-state index in [1.54, 1.807) is 29.6 Å². The van der Waals surface area contributed by atoms with Gasteiger partial charge in [-0.1, -0.05) is 0 Å². The van der Waals surface area contributed by atoms with Gasteiger partial charge in [-0.3, -0.25) is 0 Å². The van der Waals surface area contributed by atoms with Crippen molar-refractivity contribution in [3.63, 3.8) is 0 Å². The minimum atomic E-state index is -0.119. The van der Waals surface area contributed by atoms with Crippen molar-refractivity contribution in [2.24, 2.45) is 0 Å². The Hall–Kier alpha value is -1.79. The van der Waals surface area contributed by atoms with Gasteiger partial charge in [0.05, 0.1) is 32.0 Å². The molecule has 5 nitrogen and oxygen atoms in total. The number of hydrogen-bond donors (Lipinski definition) is 1. The summed E-state index contributed by atoms with van der Waals surface area (Å²) in [7, 11) is 1.62. The lowest BCUT2D eigenvalue weighted by atomic mass is 10.3. The van der Waals surface area contributed by atoms with Crippen molar-refractivity contribution in [3.8, 4) is 0 Å². The highest BCUT2D eigenvalue weighted by Gasteiger charge is 2.18. The van der Waals surface area contributed by atoms with E-state index in [-0.39, 0.29) is 12.1 Å². The highest BCUT2D eigenvalue weighted by Crippen LogP contribution is 2.18. The van der Waals surface area contributed by atoms with Gasteiger partial charge in [0.15, 0.2) is 0 Å². The number of urea groups is 1.